The zero-order valence-corrected chi connectivity index (χ0v) is 17.8. The van der Waals surface area contributed by atoms with E-state index in [0.717, 1.165) is 5.56 Å². The number of carboxylic acid groups (broad SMARTS) is 1. The fourth-order valence-electron chi connectivity index (χ4n) is 3.04. The lowest BCUT2D eigenvalue weighted by Crippen LogP contribution is -2.41. The van der Waals surface area contributed by atoms with E-state index in [1.807, 2.05) is 31.2 Å². The summed E-state index contributed by atoms with van der Waals surface area (Å²) in [6, 6.07) is 7.39. The SMILES string of the molecule is COCOc1ccc(/C(C)=N\Oc2ncnc(OC3CCN(C(=O)O)CC3)c2C)cc1. The van der Waals surface area contributed by atoms with Gasteiger partial charge in [0.2, 0.25) is 5.88 Å². The van der Waals surface area contributed by atoms with Crippen LogP contribution in [-0.4, -0.2) is 64.9 Å². The van der Waals surface area contributed by atoms with Crippen LogP contribution in [0.15, 0.2) is 35.7 Å². The molecule has 31 heavy (non-hydrogen) atoms. The monoisotopic (exact) mass is 430 g/mol. The van der Waals surface area contributed by atoms with Gasteiger partial charge in [-0.1, -0.05) is 5.16 Å². The lowest BCUT2D eigenvalue weighted by molar-refractivity contribution is 0.0511. The van der Waals surface area contributed by atoms with E-state index < -0.39 is 6.09 Å². The molecule has 1 N–H and O–H groups in total. The van der Waals surface area contributed by atoms with Crippen molar-refractivity contribution < 1.29 is 28.9 Å². The molecular formula is C21H26N4O6. The minimum absolute atomic E-state index is 0.110. The Morgan fingerprint density at radius 3 is 2.52 bits per heavy atom. The number of methoxy groups -OCH3 is 1. The maximum Gasteiger partial charge on any atom is 0.407 e. The van der Waals surface area contributed by atoms with Gasteiger partial charge in [0, 0.05) is 33.0 Å². The molecule has 10 nitrogen and oxygen atoms in total. The molecule has 1 aromatic carbocycles. The van der Waals surface area contributed by atoms with Crippen LogP contribution < -0.4 is 14.3 Å². The highest BCUT2D eigenvalue weighted by Crippen LogP contribution is 2.26. The number of rotatable bonds is 8. The van der Waals surface area contributed by atoms with Crippen LogP contribution in [0.25, 0.3) is 0 Å². The molecule has 0 atom stereocenters. The van der Waals surface area contributed by atoms with Gasteiger partial charge in [-0.15, -0.1) is 0 Å². The van der Waals surface area contributed by atoms with E-state index >= 15 is 0 Å². The quantitative estimate of drug-likeness (QED) is 0.386. The highest BCUT2D eigenvalue weighted by molar-refractivity contribution is 5.98. The summed E-state index contributed by atoms with van der Waals surface area (Å²) in [6.45, 7) is 4.68. The summed E-state index contributed by atoms with van der Waals surface area (Å²) in [4.78, 5) is 26.3. The molecule has 1 saturated heterocycles. The van der Waals surface area contributed by atoms with Gasteiger partial charge in [0.1, 0.15) is 18.2 Å². The molecule has 1 amide bonds. The molecule has 0 bridgehead atoms. The largest absolute Gasteiger partial charge is 0.474 e. The van der Waals surface area contributed by atoms with Crippen molar-refractivity contribution in [3.63, 3.8) is 0 Å². The van der Waals surface area contributed by atoms with Crippen LogP contribution >= 0.6 is 0 Å². The van der Waals surface area contributed by atoms with Crippen molar-refractivity contribution in [2.24, 2.45) is 5.16 Å². The van der Waals surface area contributed by atoms with Gasteiger partial charge in [-0.3, -0.25) is 0 Å². The zero-order chi connectivity index (χ0) is 22.2. The molecule has 1 aliphatic heterocycles. The minimum Gasteiger partial charge on any atom is -0.474 e. The van der Waals surface area contributed by atoms with E-state index in [0.29, 0.717) is 54.7 Å². The van der Waals surface area contributed by atoms with Crippen molar-refractivity contribution in [2.75, 3.05) is 27.0 Å². The van der Waals surface area contributed by atoms with Crippen LogP contribution in [0.2, 0.25) is 0 Å². The van der Waals surface area contributed by atoms with Gasteiger partial charge in [0.25, 0.3) is 5.88 Å². The highest BCUT2D eigenvalue weighted by Gasteiger charge is 2.24. The molecule has 1 aliphatic rings. The highest BCUT2D eigenvalue weighted by atomic mass is 16.7. The molecule has 0 unspecified atom stereocenters. The molecule has 3 rings (SSSR count). The van der Waals surface area contributed by atoms with Crippen molar-refractivity contribution in [3.05, 3.63) is 41.7 Å². The second-order valence-electron chi connectivity index (χ2n) is 7.04. The van der Waals surface area contributed by atoms with E-state index in [4.69, 9.17) is 24.2 Å². The molecular weight excluding hydrogens is 404 g/mol. The lowest BCUT2D eigenvalue weighted by Gasteiger charge is -2.30. The number of nitrogens with zero attached hydrogens (tertiary/aromatic N) is 4. The normalized spacial score (nSPS) is 14.9. The molecule has 2 heterocycles. The number of ether oxygens (including phenoxy) is 3. The third-order valence-corrected chi connectivity index (χ3v) is 4.87. The number of hydrogen-bond donors (Lipinski definition) is 1. The van der Waals surface area contributed by atoms with E-state index in [2.05, 4.69) is 15.1 Å². The molecule has 166 valence electrons. The van der Waals surface area contributed by atoms with Gasteiger partial charge in [0.15, 0.2) is 6.79 Å². The molecule has 10 heteroatoms. The fraction of sp³-hybridized carbons (Fsp3) is 0.429. The number of aromatic nitrogens is 2. The van der Waals surface area contributed by atoms with Gasteiger partial charge in [-0.05, 0) is 43.7 Å². The van der Waals surface area contributed by atoms with Crippen molar-refractivity contribution in [1.29, 1.82) is 0 Å². The number of likely N-dealkylation sites (tertiary alicyclic amines) is 1. The van der Waals surface area contributed by atoms with E-state index in [-0.39, 0.29) is 12.9 Å². The van der Waals surface area contributed by atoms with Crippen molar-refractivity contribution in [1.82, 2.24) is 14.9 Å². The minimum atomic E-state index is -0.905. The molecule has 1 fully saturated rings. The van der Waals surface area contributed by atoms with Crippen LogP contribution in [0.1, 0.15) is 30.9 Å². The molecule has 2 aromatic rings. The number of oxime groups is 1. The zero-order valence-electron chi connectivity index (χ0n) is 17.8. The Labute approximate surface area is 180 Å². The summed E-state index contributed by atoms with van der Waals surface area (Å²) in [6.07, 6.45) is 1.55. The number of carbonyl (C=O) groups is 1. The Kier molecular flexibility index (Phi) is 7.60. The predicted octanol–water partition coefficient (Wildman–Crippen LogP) is 3.09. The number of piperidine rings is 1. The van der Waals surface area contributed by atoms with Gasteiger partial charge in [0.05, 0.1) is 11.3 Å². The summed E-state index contributed by atoms with van der Waals surface area (Å²) in [5.74, 6) is 1.40. The summed E-state index contributed by atoms with van der Waals surface area (Å²) in [7, 11) is 1.57. The van der Waals surface area contributed by atoms with Gasteiger partial charge >= 0.3 is 6.09 Å². The van der Waals surface area contributed by atoms with Gasteiger partial charge in [-0.25, -0.2) is 9.78 Å². The Hall–Kier alpha value is -3.40. The first-order valence-corrected chi connectivity index (χ1v) is 9.88. The average molecular weight is 430 g/mol. The van der Waals surface area contributed by atoms with E-state index in [9.17, 15) is 4.79 Å². The number of benzene rings is 1. The first-order valence-electron chi connectivity index (χ1n) is 9.88. The molecule has 0 aliphatic carbocycles. The first-order chi connectivity index (χ1) is 15.0. The van der Waals surface area contributed by atoms with Crippen LogP contribution in [0, 0.1) is 6.92 Å². The summed E-state index contributed by atoms with van der Waals surface area (Å²) in [5.41, 5.74) is 2.17. The fourth-order valence-corrected chi connectivity index (χ4v) is 3.04. The Morgan fingerprint density at radius 1 is 1.19 bits per heavy atom. The first kappa shape index (κ1) is 22.3. The second kappa shape index (κ2) is 10.6. The van der Waals surface area contributed by atoms with Crippen LogP contribution in [-0.2, 0) is 4.74 Å². The molecule has 0 spiro atoms. The number of hydrogen-bond acceptors (Lipinski definition) is 8. The summed E-state index contributed by atoms with van der Waals surface area (Å²) in [5, 5.41) is 13.2. The molecule has 0 saturated carbocycles. The third kappa shape index (κ3) is 6.05. The Morgan fingerprint density at radius 2 is 1.87 bits per heavy atom. The van der Waals surface area contributed by atoms with E-state index in [1.54, 1.807) is 14.0 Å². The van der Waals surface area contributed by atoms with Crippen LogP contribution in [0.3, 0.4) is 0 Å². The number of amides is 1. The van der Waals surface area contributed by atoms with Gasteiger partial charge < -0.3 is 29.1 Å². The lowest BCUT2D eigenvalue weighted by atomic mass is 10.1. The molecule has 0 radical (unpaired) electrons. The molecule has 1 aromatic heterocycles. The third-order valence-electron chi connectivity index (χ3n) is 4.87. The summed E-state index contributed by atoms with van der Waals surface area (Å²) >= 11 is 0. The smallest absolute Gasteiger partial charge is 0.407 e. The standard InChI is InChI=1S/C21H26N4O6/c1-14-19(30-18-8-10-25(11-9-18)21(26)27)22-12-23-20(14)31-24-15(2)16-4-6-17(7-5-16)29-13-28-3/h4-7,12,18H,8-11,13H2,1-3H3,(H,26,27)/b24-15-. The van der Waals surface area contributed by atoms with Crippen LogP contribution in [0.5, 0.6) is 17.5 Å². The maximum absolute atomic E-state index is 11.0. The van der Waals surface area contributed by atoms with Crippen molar-refractivity contribution >= 4 is 11.8 Å². The second-order valence-corrected chi connectivity index (χ2v) is 7.04. The van der Waals surface area contributed by atoms with Gasteiger partial charge in [-0.2, -0.15) is 4.98 Å². The topological polar surface area (TPSA) is 116 Å². The van der Waals surface area contributed by atoms with Crippen LogP contribution in [0.4, 0.5) is 4.79 Å². The Bertz CT molecular complexity index is 911. The van der Waals surface area contributed by atoms with Crippen molar-refractivity contribution in [2.45, 2.75) is 32.8 Å². The van der Waals surface area contributed by atoms with Crippen molar-refractivity contribution in [3.8, 4) is 17.5 Å². The predicted molar refractivity (Wildman–Crippen MR) is 112 cm³/mol. The summed E-state index contributed by atoms with van der Waals surface area (Å²) < 4.78 is 16.2. The average Bonchev–Trinajstić information content (AvgIpc) is 2.78. The Balaban J connectivity index is 1.61. The van der Waals surface area contributed by atoms with E-state index in [1.165, 1.54) is 11.2 Å². The maximum atomic E-state index is 11.0.